The maximum absolute atomic E-state index is 13.0. The highest BCUT2D eigenvalue weighted by Gasteiger charge is 2.10. The van der Waals surface area contributed by atoms with Crippen molar-refractivity contribution in [3.8, 4) is 5.75 Å². The molecule has 4 heteroatoms. The summed E-state index contributed by atoms with van der Waals surface area (Å²) in [4.78, 5) is 10.2. The Balaban J connectivity index is 3.20. The lowest BCUT2D eigenvalue weighted by Gasteiger charge is -2.06. The van der Waals surface area contributed by atoms with Gasteiger partial charge in [0.05, 0.1) is 7.11 Å². The van der Waals surface area contributed by atoms with E-state index >= 15 is 0 Å². The van der Waals surface area contributed by atoms with Gasteiger partial charge in [0.25, 0.3) is 0 Å². The molecule has 0 aliphatic rings. The van der Waals surface area contributed by atoms with E-state index in [4.69, 9.17) is 4.74 Å². The lowest BCUT2D eigenvalue weighted by molar-refractivity contribution is -0.107. The molecule has 0 N–H and O–H groups in total. The van der Waals surface area contributed by atoms with Crippen LogP contribution in [0.15, 0.2) is 12.1 Å². The molecule has 0 bridgehead atoms. The third-order valence-electron chi connectivity index (χ3n) is 1.63. The van der Waals surface area contributed by atoms with Gasteiger partial charge in [-0.2, -0.15) is 0 Å². The van der Waals surface area contributed by atoms with E-state index in [0.717, 1.165) is 12.1 Å². The van der Waals surface area contributed by atoms with Gasteiger partial charge in [0.15, 0.2) is 0 Å². The van der Waals surface area contributed by atoms with Crippen molar-refractivity contribution in [1.29, 1.82) is 0 Å². The number of carbonyl (C=O) groups excluding carboxylic acids is 1. The summed E-state index contributed by atoms with van der Waals surface area (Å²) >= 11 is 0. The molecule has 1 aromatic carbocycles. The van der Waals surface area contributed by atoms with E-state index < -0.39 is 11.6 Å². The minimum Gasteiger partial charge on any atom is -0.496 e. The van der Waals surface area contributed by atoms with E-state index in [1.807, 2.05) is 0 Å². The van der Waals surface area contributed by atoms with Gasteiger partial charge in [0, 0.05) is 24.1 Å². The summed E-state index contributed by atoms with van der Waals surface area (Å²) < 4.78 is 30.4. The van der Waals surface area contributed by atoms with Crippen molar-refractivity contribution in [1.82, 2.24) is 0 Å². The molecule has 1 rings (SSSR count). The molecular weight excluding hydrogens is 178 g/mol. The molecule has 0 heterocycles. The molecule has 0 unspecified atom stereocenters. The largest absolute Gasteiger partial charge is 0.496 e. The van der Waals surface area contributed by atoms with E-state index in [9.17, 15) is 13.6 Å². The number of ether oxygens (including phenoxy) is 1. The number of aldehydes is 1. The van der Waals surface area contributed by atoms with Crippen LogP contribution in [-0.4, -0.2) is 13.4 Å². The summed E-state index contributed by atoms with van der Waals surface area (Å²) in [5, 5.41) is 0. The predicted molar refractivity (Wildman–Crippen MR) is 42.7 cm³/mol. The molecule has 0 saturated heterocycles. The van der Waals surface area contributed by atoms with Crippen LogP contribution in [-0.2, 0) is 11.2 Å². The summed E-state index contributed by atoms with van der Waals surface area (Å²) in [6, 6.07) is 1.77. The topological polar surface area (TPSA) is 26.3 Å². The normalized spacial score (nSPS) is 9.77. The number of carbonyl (C=O) groups is 1. The maximum atomic E-state index is 13.0. The van der Waals surface area contributed by atoms with Crippen LogP contribution in [0.3, 0.4) is 0 Å². The molecule has 0 aliphatic carbocycles. The number of hydrogen-bond donors (Lipinski definition) is 0. The van der Waals surface area contributed by atoms with Crippen LogP contribution in [0, 0.1) is 11.6 Å². The van der Waals surface area contributed by atoms with Crippen LogP contribution in [0.1, 0.15) is 5.56 Å². The highest BCUT2D eigenvalue weighted by molar-refractivity contribution is 5.57. The Morgan fingerprint density at radius 2 is 2.15 bits per heavy atom. The fourth-order valence-corrected chi connectivity index (χ4v) is 1.04. The zero-order valence-corrected chi connectivity index (χ0v) is 7.01. The second kappa shape index (κ2) is 3.98. The number of methoxy groups -OCH3 is 1. The molecule has 0 aromatic heterocycles. The Bertz CT molecular complexity index is 324. The van der Waals surface area contributed by atoms with Crippen molar-refractivity contribution < 1.29 is 18.3 Å². The van der Waals surface area contributed by atoms with Gasteiger partial charge in [0.2, 0.25) is 0 Å². The van der Waals surface area contributed by atoms with Crippen LogP contribution >= 0.6 is 0 Å². The Morgan fingerprint density at radius 1 is 1.46 bits per heavy atom. The van der Waals surface area contributed by atoms with Gasteiger partial charge in [0.1, 0.15) is 23.7 Å². The van der Waals surface area contributed by atoms with Crippen molar-refractivity contribution in [2.24, 2.45) is 0 Å². The standard InChI is InChI=1S/C9H8F2O2/c1-13-9-5-6(10)4-8(11)7(9)2-3-12/h3-5H,2H2,1H3. The van der Waals surface area contributed by atoms with E-state index in [0.29, 0.717) is 6.29 Å². The minimum atomic E-state index is -0.760. The number of benzene rings is 1. The molecule has 0 spiro atoms. The minimum absolute atomic E-state index is 0.0598. The molecule has 13 heavy (non-hydrogen) atoms. The monoisotopic (exact) mass is 186 g/mol. The smallest absolute Gasteiger partial charge is 0.133 e. The lowest BCUT2D eigenvalue weighted by atomic mass is 10.1. The predicted octanol–water partition coefficient (Wildman–Crippen LogP) is 1.71. The zero-order chi connectivity index (χ0) is 9.84. The third-order valence-corrected chi connectivity index (χ3v) is 1.63. The molecule has 1 aromatic rings. The van der Waals surface area contributed by atoms with Gasteiger partial charge in [-0.05, 0) is 0 Å². The Kier molecular flexibility index (Phi) is 2.95. The van der Waals surface area contributed by atoms with Gasteiger partial charge < -0.3 is 9.53 Å². The van der Waals surface area contributed by atoms with E-state index in [-0.39, 0.29) is 17.7 Å². The fourth-order valence-electron chi connectivity index (χ4n) is 1.04. The summed E-state index contributed by atoms with van der Waals surface area (Å²) in [5.41, 5.74) is 0.0823. The third kappa shape index (κ3) is 2.02. The molecule has 0 radical (unpaired) electrons. The van der Waals surface area contributed by atoms with Crippen LogP contribution in [0.4, 0.5) is 8.78 Å². The Morgan fingerprint density at radius 3 is 2.69 bits per heavy atom. The van der Waals surface area contributed by atoms with Crippen molar-refractivity contribution in [3.63, 3.8) is 0 Å². The number of rotatable bonds is 3. The fraction of sp³-hybridized carbons (Fsp3) is 0.222. The van der Waals surface area contributed by atoms with Crippen LogP contribution in [0.2, 0.25) is 0 Å². The molecule has 0 fully saturated rings. The van der Waals surface area contributed by atoms with Crippen molar-refractivity contribution >= 4 is 6.29 Å². The highest BCUT2D eigenvalue weighted by atomic mass is 19.1. The Hall–Kier alpha value is -1.45. The van der Waals surface area contributed by atoms with Crippen LogP contribution in [0.5, 0.6) is 5.75 Å². The first-order valence-corrected chi connectivity index (χ1v) is 3.64. The van der Waals surface area contributed by atoms with E-state index in [2.05, 4.69) is 0 Å². The van der Waals surface area contributed by atoms with Gasteiger partial charge in [-0.25, -0.2) is 8.78 Å². The molecule has 0 saturated carbocycles. The lowest BCUT2D eigenvalue weighted by Crippen LogP contribution is -1.98. The quantitative estimate of drug-likeness (QED) is 0.672. The van der Waals surface area contributed by atoms with E-state index in [1.165, 1.54) is 7.11 Å². The highest BCUT2D eigenvalue weighted by Crippen LogP contribution is 2.22. The first kappa shape index (κ1) is 9.64. The first-order valence-electron chi connectivity index (χ1n) is 3.64. The summed E-state index contributed by atoms with van der Waals surface area (Å²) in [5.74, 6) is -1.42. The molecule has 0 aliphatic heterocycles. The number of hydrogen-bond acceptors (Lipinski definition) is 2. The van der Waals surface area contributed by atoms with Gasteiger partial charge >= 0.3 is 0 Å². The second-order valence-electron chi connectivity index (χ2n) is 2.44. The average molecular weight is 186 g/mol. The van der Waals surface area contributed by atoms with Crippen molar-refractivity contribution in [3.05, 3.63) is 29.3 Å². The maximum Gasteiger partial charge on any atom is 0.133 e. The van der Waals surface area contributed by atoms with Crippen LogP contribution in [0.25, 0.3) is 0 Å². The first-order chi connectivity index (χ1) is 6.19. The summed E-state index contributed by atoms with van der Waals surface area (Å²) in [6.45, 7) is 0. The van der Waals surface area contributed by atoms with E-state index in [1.54, 1.807) is 0 Å². The molecule has 70 valence electrons. The average Bonchev–Trinajstić information content (AvgIpc) is 2.09. The molecule has 2 nitrogen and oxygen atoms in total. The van der Waals surface area contributed by atoms with Crippen molar-refractivity contribution in [2.45, 2.75) is 6.42 Å². The SMILES string of the molecule is COc1cc(F)cc(F)c1CC=O. The van der Waals surface area contributed by atoms with Crippen LogP contribution < -0.4 is 4.74 Å². The van der Waals surface area contributed by atoms with Gasteiger partial charge in [-0.15, -0.1) is 0 Å². The molecular formula is C9H8F2O2. The summed E-state index contributed by atoms with van der Waals surface area (Å²) in [6.07, 6.45) is 0.425. The molecule has 0 amide bonds. The molecule has 0 atom stereocenters. The summed E-state index contributed by atoms with van der Waals surface area (Å²) in [7, 11) is 1.29. The Labute approximate surface area is 74.1 Å². The second-order valence-corrected chi connectivity index (χ2v) is 2.44. The number of halogens is 2. The van der Waals surface area contributed by atoms with Gasteiger partial charge in [-0.3, -0.25) is 0 Å². The van der Waals surface area contributed by atoms with Gasteiger partial charge in [-0.1, -0.05) is 0 Å². The zero-order valence-electron chi connectivity index (χ0n) is 7.01. The van der Waals surface area contributed by atoms with Crippen molar-refractivity contribution in [2.75, 3.05) is 7.11 Å².